The number of hydrogen-bond donors (Lipinski definition) is 1. The Kier molecular flexibility index (Phi) is 3.54. The monoisotopic (exact) mass is 269 g/mol. The van der Waals surface area contributed by atoms with Gasteiger partial charge in [0.15, 0.2) is 0 Å². The lowest BCUT2D eigenvalue weighted by Crippen LogP contribution is -2.06. The van der Waals surface area contributed by atoms with Crippen LogP contribution in [0.2, 0.25) is 0 Å². The molecule has 104 valence electrons. The highest BCUT2D eigenvalue weighted by Gasteiger charge is 2.27. The molecule has 1 N–H and O–H groups in total. The molecule has 4 nitrogen and oxygen atoms in total. The van der Waals surface area contributed by atoms with Gasteiger partial charge in [-0.3, -0.25) is 0 Å². The molecule has 0 spiro atoms. The maximum absolute atomic E-state index is 5.87. The Hall–Kier alpha value is -2.10. The lowest BCUT2D eigenvalue weighted by molar-refractivity contribution is 0.287. The van der Waals surface area contributed by atoms with Crippen molar-refractivity contribution >= 4 is 5.69 Å². The molecule has 1 aromatic heterocycles. The molecular formula is C16H19N3O. The van der Waals surface area contributed by atoms with Gasteiger partial charge in [-0.1, -0.05) is 12.1 Å². The maximum Gasteiger partial charge on any atom is 0.236 e. The number of benzene rings is 1. The Morgan fingerprint density at radius 3 is 2.85 bits per heavy atom. The molecule has 1 aromatic carbocycles. The van der Waals surface area contributed by atoms with Gasteiger partial charge in [-0.15, -0.1) is 5.10 Å². The smallest absolute Gasteiger partial charge is 0.236 e. The third-order valence-electron chi connectivity index (χ3n) is 3.73. The van der Waals surface area contributed by atoms with Crippen molar-refractivity contribution in [2.75, 3.05) is 12.4 Å². The molecule has 0 radical (unpaired) electrons. The van der Waals surface area contributed by atoms with E-state index in [9.17, 15) is 0 Å². The molecule has 2 aromatic rings. The van der Waals surface area contributed by atoms with Crippen LogP contribution in [-0.2, 0) is 6.61 Å². The van der Waals surface area contributed by atoms with E-state index in [1.54, 1.807) is 6.20 Å². The van der Waals surface area contributed by atoms with Crippen molar-refractivity contribution in [1.82, 2.24) is 10.2 Å². The Labute approximate surface area is 119 Å². The van der Waals surface area contributed by atoms with Gasteiger partial charge in [0.2, 0.25) is 5.88 Å². The molecule has 1 heterocycles. The van der Waals surface area contributed by atoms with Gasteiger partial charge in [0.1, 0.15) is 6.61 Å². The summed E-state index contributed by atoms with van der Waals surface area (Å²) in [6.45, 7) is 2.51. The summed E-state index contributed by atoms with van der Waals surface area (Å²) in [6, 6.07) is 8.32. The van der Waals surface area contributed by atoms with Crippen molar-refractivity contribution in [2.24, 2.45) is 0 Å². The minimum atomic E-state index is 0.530. The fourth-order valence-corrected chi connectivity index (χ4v) is 2.44. The van der Waals surface area contributed by atoms with Gasteiger partial charge in [-0.25, -0.2) is 0 Å². The van der Waals surface area contributed by atoms with Gasteiger partial charge >= 0.3 is 0 Å². The van der Waals surface area contributed by atoms with E-state index in [4.69, 9.17) is 4.74 Å². The number of nitrogens with zero attached hydrogens (tertiary/aromatic N) is 2. The van der Waals surface area contributed by atoms with Crippen LogP contribution in [0.1, 0.15) is 35.4 Å². The van der Waals surface area contributed by atoms with Crippen molar-refractivity contribution in [3.63, 3.8) is 0 Å². The first-order chi connectivity index (χ1) is 9.79. The number of ether oxygens (including phenoxy) is 1. The predicted octanol–water partition coefficient (Wildman–Crippen LogP) is 3.28. The largest absolute Gasteiger partial charge is 0.471 e. The molecule has 3 rings (SSSR count). The summed E-state index contributed by atoms with van der Waals surface area (Å²) in [5, 5.41) is 11.2. The van der Waals surface area contributed by atoms with E-state index in [0.717, 1.165) is 11.3 Å². The number of aromatic nitrogens is 2. The van der Waals surface area contributed by atoms with Crippen LogP contribution in [0.15, 0.2) is 30.5 Å². The molecule has 1 fully saturated rings. The normalized spacial score (nSPS) is 14.1. The lowest BCUT2D eigenvalue weighted by atomic mass is 10.0. The van der Waals surface area contributed by atoms with Crippen LogP contribution in [0.3, 0.4) is 0 Å². The van der Waals surface area contributed by atoms with E-state index >= 15 is 0 Å². The summed E-state index contributed by atoms with van der Waals surface area (Å²) < 4.78 is 5.87. The highest BCUT2D eigenvalue weighted by atomic mass is 16.5. The van der Waals surface area contributed by atoms with Crippen LogP contribution < -0.4 is 10.1 Å². The maximum atomic E-state index is 5.87. The summed E-state index contributed by atoms with van der Waals surface area (Å²) in [6.07, 6.45) is 4.24. The Balaban J connectivity index is 1.84. The predicted molar refractivity (Wildman–Crippen MR) is 79.1 cm³/mol. The molecule has 0 unspecified atom stereocenters. The standard InChI is InChI=1S/C16H19N3O/c1-11-8-9-18-19-16(11)20-10-14-13(12-6-7-12)4-3-5-15(14)17-2/h3-5,8-9,12,17H,6-7,10H2,1-2H3. The second-order valence-corrected chi connectivity index (χ2v) is 5.21. The average Bonchev–Trinajstić information content (AvgIpc) is 3.30. The molecule has 1 aliphatic carbocycles. The number of anilines is 1. The molecule has 0 amide bonds. The van der Waals surface area contributed by atoms with Gasteiger partial charge in [0.25, 0.3) is 0 Å². The minimum Gasteiger partial charge on any atom is -0.471 e. The van der Waals surface area contributed by atoms with Crippen LogP contribution >= 0.6 is 0 Å². The molecule has 1 saturated carbocycles. The highest BCUT2D eigenvalue weighted by Crippen LogP contribution is 2.43. The molecule has 1 aliphatic rings. The second-order valence-electron chi connectivity index (χ2n) is 5.21. The van der Waals surface area contributed by atoms with Crippen LogP contribution in [-0.4, -0.2) is 17.2 Å². The summed E-state index contributed by atoms with van der Waals surface area (Å²) in [5.41, 5.74) is 4.78. The Bertz CT molecular complexity index is 608. The molecule has 20 heavy (non-hydrogen) atoms. The van der Waals surface area contributed by atoms with E-state index in [1.807, 2.05) is 20.0 Å². The van der Waals surface area contributed by atoms with Gasteiger partial charge in [0, 0.05) is 23.9 Å². The molecule has 4 heteroatoms. The number of aryl methyl sites for hydroxylation is 1. The third kappa shape index (κ3) is 2.59. The Morgan fingerprint density at radius 1 is 1.30 bits per heavy atom. The summed E-state index contributed by atoms with van der Waals surface area (Å²) in [7, 11) is 1.95. The van der Waals surface area contributed by atoms with Gasteiger partial charge in [-0.2, -0.15) is 5.10 Å². The quantitative estimate of drug-likeness (QED) is 0.905. The topological polar surface area (TPSA) is 47.0 Å². The third-order valence-corrected chi connectivity index (χ3v) is 3.73. The summed E-state index contributed by atoms with van der Waals surface area (Å²) in [5.74, 6) is 1.31. The first-order valence-electron chi connectivity index (χ1n) is 7.00. The van der Waals surface area contributed by atoms with Crippen molar-refractivity contribution in [3.05, 3.63) is 47.2 Å². The second kappa shape index (κ2) is 5.49. The zero-order chi connectivity index (χ0) is 13.9. The van der Waals surface area contributed by atoms with E-state index in [2.05, 4.69) is 33.7 Å². The van der Waals surface area contributed by atoms with Crippen LogP contribution in [0.25, 0.3) is 0 Å². The van der Waals surface area contributed by atoms with Gasteiger partial charge in [0.05, 0.1) is 6.20 Å². The Morgan fingerprint density at radius 2 is 2.15 bits per heavy atom. The number of hydrogen-bond acceptors (Lipinski definition) is 4. The number of rotatable bonds is 5. The van der Waals surface area contributed by atoms with Crippen LogP contribution in [0.4, 0.5) is 5.69 Å². The highest BCUT2D eigenvalue weighted by molar-refractivity contribution is 5.56. The van der Waals surface area contributed by atoms with Crippen molar-refractivity contribution in [2.45, 2.75) is 32.3 Å². The first-order valence-corrected chi connectivity index (χ1v) is 7.00. The summed E-state index contributed by atoms with van der Waals surface area (Å²) in [4.78, 5) is 0. The molecular weight excluding hydrogens is 250 g/mol. The molecule has 0 bridgehead atoms. The lowest BCUT2D eigenvalue weighted by Gasteiger charge is -2.15. The van der Waals surface area contributed by atoms with Crippen LogP contribution in [0, 0.1) is 6.92 Å². The van der Waals surface area contributed by atoms with E-state index in [1.165, 1.54) is 24.0 Å². The van der Waals surface area contributed by atoms with Crippen molar-refractivity contribution in [1.29, 1.82) is 0 Å². The SMILES string of the molecule is CNc1cccc(C2CC2)c1COc1nnccc1C. The van der Waals surface area contributed by atoms with E-state index < -0.39 is 0 Å². The molecule has 0 aliphatic heterocycles. The van der Waals surface area contributed by atoms with Crippen molar-refractivity contribution in [3.8, 4) is 5.88 Å². The zero-order valence-corrected chi connectivity index (χ0v) is 11.9. The average molecular weight is 269 g/mol. The van der Waals surface area contributed by atoms with E-state index in [0.29, 0.717) is 18.4 Å². The number of nitrogens with one attached hydrogen (secondary N) is 1. The van der Waals surface area contributed by atoms with Gasteiger partial charge in [-0.05, 0) is 43.4 Å². The molecule has 0 atom stereocenters. The molecule has 0 saturated heterocycles. The fraction of sp³-hybridized carbons (Fsp3) is 0.375. The fourth-order valence-electron chi connectivity index (χ4n) is 2.44. The van der Waals surface area contributed by atoms with Crippen LogP contribution in [0.5, 0.6) is 5.88 Å². The zero-order valence-electron chi connectivity index (χ0n) is 11.9. The summed E-state index contributed by atoms with van der Waals surface area (Å²) >= 11 is 0. The van der Waals surface area contributed by atoms with E-state index in [-0.39, 0.29) is 0 Å². The first kappa shape index (κ1) is 12.9. The van der Waals surface area contributed by atoms with Crippen molar-refractivity contribution < 1.29 is 4.74 Å². The minimum absolute atomic E-state index is 0.530. The van der Waals surface area contributed by atoms with Gasteiger partial charge < -0.3 is 10.1 Å².